The number of rotatable bonds is 4. The van der Waals surface area contributed by atoms with Crippen LogP contribution in [-0.4, -0.2) is 25.0 Å². The number of nitrogens with zero attached hydrogens (tertiary/aromatic N) is 1. The van der Waals surface area contributed by atoms with E-state index in [0.29, 0.717) is 16.8 Å². The van der Waals surface area contributed by atoms with Gasteiger partial charge in [0, 0.05) is 35.6 Å². The Kier molecular flexibility index (Phi) is 4.51. The number of carboxylic acids is 1. The molecule has 0 atom stereocenters. The fourth-order valence-electron chi connectivity index (χ4n) is 2.99. The number of benzene rings is 2. The van der Waals surface area contributed by atoms with E-state index in [1.54, 1.807) is 31.2 Å². The van der Waals surface area contributed by atoms with Gasteiger partial charge in [-0.3, -0.25) is 4.79 Å². The van der Waals surface area contributed by atoms with E-state index in [1.165, 1.54) is 18.9 Å². The summed E-state index contributed by atoms with van der Waals surface area (Å²) in [5.41, 5.74) is 2.71. The van der Waals surface area contributed by atoms with Crippen LogP contribution in [-0.2, 0) is 0 Å². The number of nitrogens with one attached hydrogen (secondary N) is 1. The molecule has 5 nitrogen and oxygen atoms in total. The van der Waals surface area contributed by atoms with Crippen LogP contribution in [0.3, 0.4) is 0 Å². The predicted octanol–water partition coefficient (Wildman–Crippen LogP) is 2.21. The van der Waals surface area contributed by atoms with Crippen molar-refractivity contribution < 1.29 is 14.7 Å². The first-order valence-corrected chi connectivity index (χ1v) is 8.03. The van der Waals surface area contributed by atoms with Crippen LogP contribution in [0.1, 0.15) is 39.1 Å². The van der Waals surface area contributed by atoms with Crippen molar-refractivity contribution in [3.8, 4) is 0 Å². The summed E-state index contributed by atoms with van der Waals surface area (Å²) in [6, 6.07) is 12.2. The van der Waals surface area contributed by atoms with Crippen LogP contribution < -0.4 is 15.3 Å². The molecule has 0 spiro atoms. The Bertz CT molecular complexity index is 763. The smallest absolute Gasteiger partial charge is 0.255 e. The molecular formula is C19H19N2O3-. The van der Waals surface area contributed by atoms with Gasteiger partial charge >= 0.3 is 0 Å². The molecule has 1 aliphatic heterocycles. The molecule has 0 bridgehead atoms. The third-order valence-electron chi connectivity index (χ3n) is 4.40. The maximum absolute atomic E-state index is 12.4. The van der Waals surface area contributed by atoms with Gasteiger partial charge in [0.15, 0.2) is 0 Å². The molecule has 0 unspecified atom stereocenters. The van der Waals surface area contributed by atoms with Crippen LogP contribution in [0.4, 0.5) is 11.4 Å². The van der Waals surface area contributed by atoms with Gasteiger partial charge in [-0.15, -0.1) is 0 Å². The van der Waals surface area contributed by atoms with Gasteiger partial charge in [0.05, 0.1) is 5.97 Å². The SMILES string of the molecule is Cc1c(NC(=O)c2ccc(N3CCCC3)cc2)cccc1C(=O)[O-]. The van der Waals surface area contributed by atoms with Gasteiger partial charge in [-0.25, -0.2) is 0 Å². The Labute approximate surface area is 140 Å². The fraction of sp³-hybridized carbons (Fsp3) is 0.263. The second-order valence-corrected chi connectivity index (χ2v) is 5.96. The van der Waals surface area contributed by atoms with Gasteiger partial charge < -0.3 is 20.1 Å². The Hall–Kier alpha value is -2.82. The summed E-state index contributed by atoms with van der Waals surface area (Å²) in [5.74, 6) is -1.51. The number of carboxylic acid groups (broad SMARTS) is 1. The zero-order valence-electron chi connectivity index (χ0n) is 13.5. The number of carbonyl (C=O) groups is 2. The molecule has 24 heavy (non-hydrogen) atoms. The molecule has 5 heteroatoms. The van der Waals surface area contributed by atoms with E-state index in [9.17, 15) is 14.7 Å². The first-order chi connectivity index (χ1) is 11.6. The monoisotopic (exact) mass is 323 g/mol. The highest BCUT2D eigenvalue weighted by molar-refractivity contribution is 6.05. The Morgan fingerprint density at radius 1 is 1.04 bits per heavy atom. The summed E-state index contributed by atoms with van der Waals surface area (Å²) >= 11 is 0. The van der Waals surface area contributed by atoms with Crippen molar-refractivity contribution in [1.29, 1.82) is 0 Å². The Balaban J connectivity index is 1.75. The van der Waals surface area contributed by atoms with Gasteiger partial charge in [-0.05, 0) is 55.7 Å². The highest BCUT2D eigenvalue weighted by Gasteiger charge is 2.14. The minimum absolute atomic E-state index is 0.0807. The third kappa shape index (κ3) is 3.25. The maximum Gasteiger partial charge on any atom is 0.255 e. The number of amides is 1. The molecule has 0 saturated carbocycles. The quantitative estimate of drug-likeness (QED) is 0.936. The molecule has 3 rings (SSSR count). The average Bonchev–Trinajstić information content (AvgIpc) is 3.11. The van der Waals surface area contributed by atoms with E-state index in [1.807, 2.05) is 12.1 Å². The molecular weight excluding hydrogens is 304 g/mol. The first-order valence-electron chi connectivity index (χ1n) is 8.03. The van der Waals surface area contributed by atoms with Crippen LogP contribution in [0, 0.1) is 6.92 Å². The maximum atomic E-state index is 12.4. The Morgan fingerprint density at radius 2 is 1.71 bits per heavy atom. The van der Waals surface area contributed by atoms with Crippen LogP contribution in [0.5, 0.6) is 0 Å². The number of hydrogen-bond acceptors (Lipinski definition) is 4. The van der Waals surface area contributed by atoms with Crippen molar-refractivity contribution in [2.24, 2.45) is 0 Å². The molecule has 1 saturated heterocycles. The zero-order chi connectivity index (χ0) is 17.1. The van der Waals surface area contributed by atoms with E-state index < -0.39 is 5.97 Å². The summed E-state index contributed by atoms with van der Waals surface area (Å²) in [6.07, 6.45) is 2.41. The third-order valence-corrected chi connectivity index (χ3v) is 4.40. The molecule has 2 aromatic rings. The predicted molar refractivity (Wildman–Crippen MR) is 91.4 cm³/mol. The van der Waals surface area contributed by atoms with Crippen LogP contribution in [0.25, 0.3) is 0 Å². The fourth-order valence-corrected chi connectivity index (χ4v) is 2.99. The molecule has 0 aliphatic carbocycles. The lowest BCUT2D eigenvalue weighted by Crippen LogP contribution is -2.24. The lowest BCUT2D eigenvalue weighted by molar-refractivity contribution is -0.255. The highest BCUT2D eigenvalue weighted by Crippen LogP contribution is 2.22. The van der Waals surface area contributed by atoms with Crippen molar-refractivity contribution in [1.82, 2.24) is 0 Å². The molecule has 0 aromatic heterocycles. The molecule has 1 fully saturated rings. The number of hydrogen-bond donors (Lipinski definition) is 1. The molecule has 1 amide bonds. The molecule has 1 heterocycles. The van der Waals surface area contributed by atoms with Crippen LogP contribution >= 0.6 is 0 Å². The van der Waals surface area contributed by atoms with Gasteiger partial charge in [0.2, 0.25) is 0 Å². The second kappa shape index (κ2) is 6.74. The number of aromatic carboxylic acids is 1. The van der Waals surface area contributed by atoms with Crippen molar-refractivity contribution in [3.63, 3.8) is 0 Å². The lowest BCUT2D eigenvalue weighted by atomic mass is 10.1. The molecule has 0 radical (unpaired) electrons. The van der Waals surface area contributed by atoms with Crippen molar-refractivity contribution in [3.05, 3.63) is 59.2 Å². The second-order valence-electron chi connectivity index (χ2n) is 5.96. The van der Waals surface area contributed by atoms with Gasteiger partial charge in [-0.1, -0.05) is 12.1 Å². The van der Waals surface area contributed by atoms with E-state index >= 15 is 0 Å². The lowest BCUT2D eigenvalue weighted by Gasteiger charge is -2.18. The number of carbonyl (C=O) groups excluding carboxylic acids is 2. The van der Waals surface area contributed by atoms with Crippen molar-refractivity contribution in [2.75, 3.05) is 23.3 Å². The van der Waals surface area contributed by atoms with Crippen molar-refractivity contribution in [2.45, 2.75) is 19.8 Å². The molecule has 124 valence electrons. The van der Waals surface area contributed by atoms with Gasteiger partial charge in [-0.2, -0.15) is 0 Å². The van der Waals surface area contributed by atoms with E-state index in [4.69, 9.17) is 0 Å². The summed E-state index contributed by atoms with van der Waals surface area (Å²) in [6.45, 7) is 3.76. The first kappa shape index (κ1) is 16.1. The zero-order valence-corrected chi connectivity index (χ0v) is 13.5. The topological polar surface area (TPSA) is 72.5 Å². The van der Waals surface area contributed by atoms with E-state index in [-0.39, 0.29) is 11.5 Å². The molecule has 2 aromatic carbocycles. The summed E-state index contributed by atoms with van der Waals surface area (Å²) in [7, 11) is 0. The standard InChI is InChI=1S/C19H20N2O3/c1-13-16(19(23)24)5-4-6-17(13)20-18(22)14-7-9-15(10-8-14)21-11-2-3-12-21/h4-10H,2-3,11-12H2,1H3,(H,20,22)(H,23,24)/p-1. The minimum Gasteiger partial charge on any atom is -0.545 e. The average molecular weight is 323 g/mol. The normalized spacial score (nSPS) is 13.8. The summed E-state index contributed by atoms with van der Waals surface area (Å²) in [4.78, 5) is 25.8. The van der Waals surface area contributed by atoms with Crippen LogP contribution in [0.15, 0.2) is 42.5 Å². The summed E-state index contributed by atoms with van der Waals surface area (Å²) in [5, 5.41) is 13.8. The van der Waals surface area contributed by atoms with Gasteiger partial charge in [0.1, 0.15) is 0 Å². The van der Waals surface area contributed by atoms with Gasteiger partial charge in [0.25, 0.3) is 5.91 Å². The highest BCUT2D eigenvalue weighted by atomic mass is 16.4. The largest absolute Gasteiger partial charge is 0.545 e. The van der Waals surface area contributed by atoms with E-state index in [2.05, 4.69) is 10.2 Å². The minimum atomic E-state index is -1.25. The molecule has 1 N–H and O–H groups in total. The molecule has 1 aliphatic rings. The number of anilines is 2. The Morgan fingerprint density at radius 3 is 2.33 bits per heavy atom. The van der Waals surface area contributed by atoms with Crippen LogP contribution in [0.2, 0.25) is 0 Å². The van der Waals surface area contributed by atoms with Crippen molar-refractivity contribution >= 4 is 23.3 Å². The van der Waals surface area contributed by atoms with E-state index in [0.717, 1.165) is 18.8 Å². The summed E-state index contributed by atoms with van der Waals surface area (Å²) < 4.78 is 0.